The van der Waals surface area contributed by atoms with Crippen molar-refractivity contribution in [2.75, 3.05) is 7.05 Å². The van der Waals surface area contributed by atoms with Crippen molar-refractivity contribution in [2.24, 2.45) is 10.9 Å². The van der Waals surface area contributed by atoms with Gasteiger partial charge in [0, 0.05) is 31.6 Å². The maximum Gasteiger partial charge on any atom is 0.223 e. The van der Waals surface area contributed by atoms with Crippen LogP contribution in [0, 0.1) is 17.2 Å². The molecule has 7 heteroatoms. The van der Waals surface area contributed by atoms with Crippen LogP contribution in [0.4, 0.5) is 0 Å². The third kappa shape index (κ3) is 7.75. The molecule has 0 aromatic heterocycles. The molecule has 1 fully saturated rings. The van der Waals surface area contributed by atoms with Gasteiger partial charge in [-0.2, -0.15) is 5.26 Å². The number of nitrogens with zero attached hydrogens (tertiary/aromatic N) is 2. The Bertz CT molecular complexity index is 666. The van der Waals surface area contributed by atoms with Crippen LogP contribution in [0.25, 0.3) is 0 Å². The number of nitriles is 1. The average molecular weight is 483 g/mol. The minimum absolute atomic E-state index is 0. The lowest BCUT2D eigenvalue weighted by Crippen LogP contribution is -2.47. The molecule has 0 aliphatic heterocycles. The Balaban J connectivity index is 0.00000364. The van der Waals surface area contributed by atoms with Crippen LogP contribution in [-0.4, -0.2) is 31.0 Å². The summed E-state index contributed by atoms with van der Waals surface area (Å²) in [6.45, 7) is 4.62. The average Bonchev–Trinajstić information content (AvgIpc) is 2.65. The first-order valence-electron chi connectivity index (χ1n) is 9.28. The number of halogens is 1. The summed E-state index contributed by atoms with van der Waals surface area (Å²) < 4.78 is 0. The van der Waals surface area contributed by atoms with Gasteiger partial charge in [-0.3, -0.25) is 9.79 Å². The second-order valence-electron chi connectivity index (χ2n) is 7.10. The Kier molecular flexibility index (Phi) is 10.1. The molecule has 0 bridgehead atoms. The standard InChI is InChI=1S/C20H29N5O.HI/c1-14(2)24-19(26)17-5-4-6-18(11-17)25-20(22-3)23-13-16-9-7-15(12-21)8-10-16;/h7-10,14,17-18H,4-6,11,13H2,1-3H3,(H,24,26)(H2,22,23,25);1H. The summed E-state index contributed by atoms with van der Waals surface area (Å²) >= 11 is 0. The molecule has 6 nitrogen and oxygen atoms in total. The molecule has 148 valence electrons. The number of carbonyl (C=O) groups is 1. The number of rotatable bonds is 5. The number of carbonyl (C=O) groups excluding carboxylic acids is 1. The molecule has 1 aliphatic rings. The highest BCUT2D eigenvalue weighted by Gasteiger charge is 2.27. The van der Waals surface area contributed by atoms with E-state index in [0.29, 0.717) is 12.1 Å². The fraction of sp³-hybridized carbons (Fsp3) is 0.550. The number of amides is 1. The molecule has 1 aromatic rings. The maximum atomic E-state index is 12.3. The lowest BCUT2D eigenvalue weighted by molar-refractivity contribution is -0.126. The molecule has 1 saturated carbocycles. The van der Waals surface area contributed by atoms with Gasteiger partial charge in [-0.25, -0.2) is 0 Å². The Morgan fingerprint density at radius 2 is 2.00 bits per heavy atom. The van der Waals surface area contributed by atoms with E-state index >= 15 is 0 Å². The van der Waals surface area contributed by atoms with Gasteiger partial charge < -0.3 is 16.0 Å². The summed E-state index contributed by atoms with van der Waals surface area (Å²) in [7, 11) is 1.75. The fourth-order valence-corrected chi connectivity index (χ4v) is 3.23. The van der Waals surface area contributed by atoms with Crippen molar-refractivity contribution in [3.8, 4) is 6.07 Å². The molecular formula is C20H30IN5O. The monoisotopic (exact) mass is 483 g/mol. The minimum Gasteiger partial charge on any atom is -0.354 e. The Labute approximate surface area is 179 Å². The van der Waals surface area contributed by atoms with Crippen LogP contribution in [0.2, 0.25) is 0 Å². The Morgan fingerprint density at radius 1 is 1.30 bits per heavy atom. The maximum absolute atomic E-state index is 12.3. The van der Waals surface area contributed by atoms with Crippen molar-refractivity contribution < 1.29 is 4.79 Å². The third-order valence-corrected chi connectivity index (χ3v) is 4.58. The van der Waals surface area contributed by atoms with Crippen LogP contribution in [0.15, 0.2) is 29.3 Å². The van der Waals surface area contributed by atoms with Crippen LogP contribution in [0.3, 0.4) is 0 Å². The molecule has 0 spiro atoms. The fourth-order valence-electron chi connectivity index (χ4n) is 3.23. The van der Waals surface area contributed by atoms with Gasteiger partial charge >= 0.3 is 0 Å². The molecule has 2 rings (SSSR count). The summed E-state index contributed by atoms with van der Waals surface area (Å²) in [6, 6.07) is 10.0. The number of benzene rings is 1. The lowest BCUT2D eigenvalue weighted by atomic mass is 9.85. The zero-order valence-electron chi connectivity index (χ0n) is 16.3. The van der Waals surface area contributed by atoms with Gasteiger partial charge in [0.05, 0.1) is 11.6 Å². The van der Waals surface area contributed by atoms with Gasteiger partial charge in [0.2, 0.25) is 5.91 Å². The molecule has 2 atom stereocenters. The van der Waals surface area contributed by atoms with Crippen molar-refractivity contribution in [1.29, 1.82) is 5.26 Å². The Morgan fingerprint density at radius 3 is 2.59 bits per heavy atom. The minimum atomic E-state index is 0. The molecule has 0 radical (unpaired) electrons. The molecule has 3 N–H and O–H groups in total. The summed E-state index contributed by atoms with van der Waals surface area (Å²) in [5.41, 5.74) is 1.74. The van der Waals surface area contributed by atoms with E-state index in [-0.39, 0.29) is 47.9 Å². The summed E-state index contributed by atoms with van der Waals surface area (Å²) in [5.74, 6) is 0.969. The second kappa shape index (κ2) is 11.8. The van der Waals surface area contributed by atoms with Crippen LogP contribution < -0.4 is 16.0 Å². The SMILES string of the molecule is CN=C(NCc1ccc(C#N)cc1)NC1CCCC(C(=O)NC(C)C)C1.I. The first-order chi connectivity index (χ1) is 12.5. The van der Waals surface area contributed by atoms with Gasteiger partial charge in [-0.05, 0) is 50.8 Å². The highest BCUT2D eigenvalue weighted by Crippen LogP contribution is 2.24. The zero-order chi connectivity index (χ0) is 18.9. The molecule has 2 unspecified atom stereocenters. The van der Waals surface area contributed by atoms with E-state index in [2.05, 4.69) is 27.0 Å². The number of hydrogen-bond acceptors (Lipinski definition) is 3. The Hall–Kier alpha value is -1.82. The van der Waals surface area contributed by atoms with Gasteiger partial charge in [-0.15, -0.1) is 24.0 Å². The van der Waals surface area contributed by atoms with E-state index in [1.807, 2.05) is 38.1 Å². The van der Waals surface area contributed by atoms with E-state index in [9.17, 15) is 4.79 Å². The van der Waals surface area contributed by atoms with Crippen molar-refractivity contribution in [3.63, 3.8) is 0 Å². The van der Waals surface area contributed by atoms with Crippen LogP contribution in [0.1, 0.15) is 50.7 Å². The first kappa shape index (κ1) is 23.2. The summed E-state index contributed by atoms with van der Waals surface area (Å²) in [5, 5.41) is 18.6. The predicted octanol–water partition coefficient (Wildman–Crippen LogP) is 2.92. The smallest absolute Gasteiger partial charge is 0.223 e. The molecule has 1 aromatic carbocycles. The predicted molar refractivity (Wildman–Crippen MR) is 119 cm³/mol. The highest BCUT2D eigenvalue weighted by molar-refractivity contribution is 14.0. The second-order valence-corrected chi connectivity index (χ2v) is 7.10. The largest absolute Gasteiger partial charge is 0.354 e. The van der Waals surface area contributed by atoms with Gasteiger partial charge in [0.15, 0.2) is 5.96 Å². The zero-order valence-corrected chi connectivity index (χ0v) is 18.6. The van der Waals surface area contributed by atoms with E-state index < -0.39 is 0 Å². The van der Waals surface area contributed by atoms with Gasteiger partial charge in [0.25, 0.3) is 0 Å². The van der Waals surface area contributed by atoms with Gasteiger partial charge in [0.1, 0.15) is 0 Å². The number of guanidine groups is 1. The lowest BCUT2D eigenvalue weighted by Gasteiger charge is -2.30. The molecule has 27 heavy (non-hydrogen) atoms. The van der Waals surface area contributed by atoms with Gasteiger partial charge in [-0.1, -0.05) is 18.6 Å². The number of nitrogens with one attached hydrogen (secondary N) is 3. The van der Waals surface area contributed by atoms with Crippen LogP contribution in [0.5, 0.6) is 0 Å². The summed E-state index contributed by atoms with van der Waals surface area (Å²) in [4.78, 5) is 16.6. The first-order valence-corrected chi connectivity index (χ1v) is 9.28. The van der Waals surface area contributed by atoms with E-state index in [0.717, 1.165) is 37.2 Å². The van der Waals surface area contributed by atoms with E-state index in [1.54, 1.807) is 7.05 Å². The van der Waals surface area contributed by atoms with E-state index in [4.69, 9.17) is 5.26 Å². The topological polar surface area (TPSA) is 89.3 Å². The molecular weight excluding hydrogens is 453 g/mol. The molecule has 1 amide bonds. The van der Waals surface area contributed by atoms with Crippen LogP contribution >= 0.6 is 24.0 Å². The van der Waals surface area contributed by atoms with Crippen molar-refractivity contribution >= 4 is 35.8 Å². The third-order valence-electron chi connectivity index (χ3n) is 4.58. The molecule has 1 aliphatic carbocycles. The summed E-state index contributed by atoms with van der Waals surface area (Å²) in [6.07, 6.45) is 3.87. The number of hydrogen-bond donors (Lipinski definition) is 3. The highest BCUT2D eigenvalue weighted by atomic mass is 127. The van der Waals surface area contributed by atoms with E-state index in [1.165, 1.54) is 0 Å². The molecule has 0 heterocycles. The van der Waals surface area contributed by atoms with Crippen LogP contribution in [-0.2, 0) is 11.3 Å². The normalized spacial score (nSPS) is 19.6. The quantitative estimate of drug-likeness (QED) is 0.342. The van der Waals surface area contributed by atoms with Crippen molar-refractivity contribution in [1.82, 2.24) is 16.0 Å². The van der Waals surface area contributed by atoms with Crippen molar-refractivity contribution in [2.45, 2.75) is 58.2 Å². The number of aliphatic imine (C=N–C) groups is 1. The molecule has 0 saturated heterocycles. The van der Waals surface area contributed by atoms with Crippen molar-refractivity contribution in [3.05, 3.63) is 35.4 Å².